The number of aromatic amines is 3. The number of nitrogens with zero attached hydrogens (tertiary/aromatic N) is 12. The van der Waals surface area contributed by atoms with E-state index >= 15 is 0 Å². The fraction of sp³-hybridized carbons (Fsp3) is 0.0625. The van der Waals surface area contributed by atoms with Gasteiger partial charge in [0.25, 0.3) is 64.1 Å². The Morgan fingerprint density at radius 3 is 0.787 bits per heavy atom. The first-order chi connectivity index (χ1) is 40.7. The Hall–Kier alpha value is -10.5. The molecule has 9 N–H and O–H groups in total. The van der Waals surface area contributed by atoms with Crippen LogP contribution in [0.3, 0.4) is 0 Å². The number of rotatable bonds is 15. The molecule has 0 aliphatic rings. The van der Waals surface area contributed by atoms with Crippen LogP contribution in [0.25, 0.3) is 17.1 Å². The number of benzene rings is 6. The Labute approximate surface area is 517 Å². The van der Waals surface area contributed by atoms with Crippen LogP contribution in [0.5, 0.6) is 17.2 Å². The van der Waals surface area contributed by atoms with Crippen molar-refractivity contribution in [2.24, 2.45) is 30.7 Å². The monoisotopic (exact) mass is 1370 g/mol. The molecule has 0 saturated carbocycles. The topological polar surface area (TPSA) is 541 Å². The Kier molecular flexibility index (Phi) is 21.7. The molecular formula is C48H39Fe2N15O21S3. The van der Waals surface area contributed by atoms with Gasteiger partial charge in [-0.25, -0.2) is 14.0 Å². The van der Waals surface area contributed by atoms with Crippen molar-refractivity contribution in [1.29, 1.82) is 0 Å². The predicted octanol–water partition coefficient (Wildman–Crippen LogP) is 8.24. The zero-order chi connectivity index (χ0) is 64.0. The molecule has 0 amide bonds. The summed E-state index contributed by atoms with van der Waals surface area (Å²) in [7, 11) is -13.1. The summed E-state index contributed by atoms with van der Waals surface area (Å²) in [6.45, 7) is 4.60. The number of nitrogens with one attached hydrogen (secondary N) is 3. The van der Waals surface area contributed by atoms with Gasteiger partial charge in [-0.2, -0.15) is 25.3 Å². The molecule has 36 nitrogen and oxygen atoms in total. The molecule has 0 saturated heterocycles. The van der Waals surface area contributed by atoms with Crippen molar-refractivity contribution < 1.29 is 103 Å². The van der Waals surface area contributed by atoms with E-state index in [0.29, 0.717) is 17.1 Å². The molecular weight excluding hydrogens is 1330 g/mol. The largest absolute Gasteiger partial charge is 0.506 e. The molecule has 0 fully saturated rings. The van der Waals surface area contributed by atoms with Crippen LogP contribution in [0.1, 0.15) is 17.1 Å². The second-order valence-corrected chi connectivity index (χ2v) is 21.7. The number of hydrogen-bond acceptors (Lipinski definition) is 24. The molecule has 0 unspecified atom stereocenters. The van der Waals surface area contributed by atoms with Crippen LogP contribution in [-0.2, 0) is 64.5 Å². The normalized spacial score (nSPS) is 11.5. The molecule has 0 radical (unpaired) electrons. The average molecular weight is 1370 g/mol. The van der Waals surface area contributed by atoms with E-state index in [2.05, 4.69) is 46.0 Å². The van der Waals surface area contributed by atoms with Crippen LogP contribution >= 0.6 is 0 Å². The van der Waals surface area contributed by atoms with E-state index in [1.165, 1.54) is 57.2 Å². The molecule has 89 heavy (non-hydrogen) atoms. The van der Waals surface area contributed by atoms with E-state index in [9.17, 15) is 85.3 Å². The summed E-state index contributed by atoms with van der Waals surface area (Å²) in [6, 6.07) is 24.1. The standard InChI is InChI=1S/3C16H13N5O7S.2Fe/c3*1-9-15(18-17-13-8-11(21(24)25)4-7-14(13)22)16(23)20(19-9)10-2-5-12(6-3-10)29(26,27)28;;/h3*2-8,19,22H,1H3,(H,26,27,28);;. The van der Waals surface area contributed by atoms with Crippen molar-refractivity contribution in [1.82, 2.24) is 29.3 Å². The maximum absolute atomic E-state index is 12.6. The molecule has 0 bridgehead atoms. The minimum absolute atomic E-state index is 0. The predicted molar refractivity (Wildman–Crippen MR) is 300 cm³/mol. The number of hydrogen-bond donors (Lipinski definition) is 9. The first kappa shape index (κ1) is 69.3. The molecule has 0 spiro atoms. The van der Waals surface area contributed by atoms with Crippen molar-refractivity contribution in [2.45, 2.75) is 35.5 Å². The van der Waals surface area contributed by atoms with Crippen molar-refractivity contribution in [3.8, 4) is 34.3 Å². The fourth-order valence-electron chi connectivity index (χ4n) is 7.24. The van der Waals surface area contributed by atoms with Gasteiger partial charge in [-0.15, -0.1) is 30.7 Å². The van der Waals surface area contributed by atoms with Crippen LogP contribution in [-0.4, -0.2) is 98.3 Å². The molecule has 0 aliphatic heterocycles. The van der Waals surface area contributed by atoms with Gasteiger partial charge in [0.05, 0.1) is 63.6 Å². The molecule has 9 rings (SSSR count). The summed E-state index contributed by atoms with van der Waals surface area (Å²) in [5.74, 6) is -1.06. The van der Waals surface area contributed by atoms with E-state index in [0.717, 1.165) is 105 Å². The number of non-ortho nitro benzene ring substituents is 3. The number of aromatic nitrogens is 6. The van der Waals surface area contributed by atoms with Gasteiger partial charge in [-0.05, 0) is 112 Å². The van der Waals surface area contributed by atoms with Crippen LogP contribution in [0.4, 0.5) is 51.2 Å². The Balaban J connectivity index is 0.000000240. The number of azo groups is 3. The SMILES string of the molecule is Cc1[nH]n(-c2ccc(S(=O)(=O)O)cc2)c(=O)c1N=Nc1cc([N+](=O)[O-])ccc1O.Cc1[nH]n(-c2ccc(S(=O)(=O)O)cc2)c(=O)c1N=Nc1cc([N+](=O)[O-])ccc1O.Cc1[nH]n(-c2ccc(S(=O)(=O)O)cc2)c(=O)c1N=Nc1cc([N+](=O)[O-])ccc1O.[Fe].[Fe]. The second kappa shape index (κ2) is 27.9. The van der Waals surface area contributed by atoms with Crippen molar-refractivity contribution in [3.63, 3.8) is 0 Å². The van der Waals surface area contributed by atoms with Gasteiger partial charge in [0.15, 0.2) is 17.1 Å². The average Bonchev–Trinajstić information content (AvgIpc) is 4.30. The van der Waals surface area contributed by atoms with Gasteiger partial charge in [-0.1, -0.05) is 0 Å². The van der Waals surface area contributed by atoms with E-state index in [1.54, 1.807) is 0 Å². The van der Waals surface area contributed by atoms with E-state index in [1.807, 2.05) is 0 Å². The summed E-state index contributed by atoms with van der Waals surface area (Å²) in [5.41, 5.74) is -2.00. The summed E-state index contributed by atoms with van der Waals surface area (Å²) in [5, 5.41) is 92.5. The van der Waals surface area contributed by atoms with Crippen LogP contribution in [0, 0.1) is 51.1 Å². The number of phenolic OH excluding ortho intramolecular Hbond substituents is 3. The number of phenols is 3. The second-order valence-electron chi connectivity index (χ2n) is 17.5. The van der Waals surface area contributed by atoms with Crippen LogP contribution in [0.15, 0.2) is 187 Å². The fourth-order valence-corrected chi connectivity index (χ4v) is 8.68. The van der Waals surface area contributed by atoms with Gasteiger partial charge < -0.3 is 15.3 Å². The number of H-pyrrole nitrogens is 3. The molecule has 3 aromatic heterocycles. The van der Waals surface area contributed by atoms with E-state index in [4.69, 9.17) is 13.7 Å². The zero-order valence-corrected chi connectivity index (χ0v) is 49.4. The molecule has 41 heteroatoms. The quantitative estimate of drug-likeness (QED) is 0.0153. The van der Waals surface area contributed by atoms with Crippen LogP contribution < -0.4 is 16.7 Å². The van der Waals surface area contributed by atoms with Gasteiger partial charge in [0.2, 0.25) is 0 Å². The summed E-state index contributed by atoms with van der Waals surface area (Å²) >= 11 is 0. The Morgan fingerprint density at radius 2 is 0.596 bits per heavy atom. The molecule has 9 aromatic rings. The first-order valence-electron chi connectivity index (χ1n) is 23.6. The van der Waals surface area contributed by atoms with Crippen molar-refractivity contribution >= 4 is 81.5 Å². The van der Waals surface area contributed by atoms with Gasteiger partial charge in [0.1, 0.15) is 34.3 Å². The molecule has 0 atom stereocenters. The third-order valence-electron chi connectivity index (χ3n) is 11.6. The Morgan fingerprint density at radius 1 is 0.382 bits per heavy atom. The number of aryl methyl sites for hydroxylation is 3. The van der Waals surface area contributed by atoms with Crippen molar-refractivity contribution in [2.75, 3.05) is 0 Å². The minimum atomic E-state index is -4.37. The van der Waals surface area contributed by atoms with E-state index < -0.39 is 61.8 Å². The molecule has 466 valence electrons. The summed E-state index contributed by atoms with van der Waals surface area (Å²) in [4.78, 5) is 67.3. The third-order valence-corrected chi connectivity index (χ3v) is 14.2. The first-order valence-corrected chi connectivity index (χ1v) is 27.9. The van der Waals surface area contributed by atoms with Gasteiger partial charge in [0, 0.05) is 70.5 Å². The third kappa shape index (κ3) is 16.5. The maximum atomic E-state index is 12.6. The van der Waals surface area contributed by atoms with Crippen molar-refractivity contribution in [3.05, 3.63) is 206 Å². The number of nitro groups is 3. The maximum Gasteiger partial charge on any atom is 0.299 e. The van der Waals surface area contributed by atoms with E-state index in [-0.39, 0.29) is 134 Å². The molecule has 0 aliphatic carbocycles. The number of aromatic hydroxyl groups is 3. The zero-order valence-electron chi connectivity index (χ0n) is 44.7. The van der Waals surface area contributed by atoms with Gasteiger partial charge >= 0.3 is 0 Å². The van der Waals surface area contributed by atoms with Crippen LogP contribution in [0.2, 0.25) is 0 Å². The Bertz CT molecular complexity index is 4370. The summed E-state index contributed by atoms with van der Waals surface area (Å²) in [6.07, 6.45) is 0. The smallest absolute Gasteiger partial charge is 0.299 e. The minimum Gasteiger partial charge on any atom is -0.506 e. The number of nitro benzene ring substituents is 3. The molecule has 6 aromatic carbocycles. The molecule has 3 heterocycles. The summed E-state index contributed by atoms with van der Waals surface area (Å²) < 4.78 is 96.9. The van der Waals surface area contributed by atoms with Gasteiger partial charge in [-0.3, -0.25) is 73.7 Å².